The van der Waals surface area contributed by atoms with Gasteiger partial charge in [-0.15, -0.1) is 0 Å². The summed E-state index contributed by atoms with van der Waals surface area (Å²) in [6.45, 7) is 17.6. The standard InChI is InChI=1S/C16H34N2/c1-13(2)15-8-11-18(12-9-15)14(3)7-10-17-16(4,5)6/h13-15,17H,7-12H2,1-6H3. The van der Waals surface area contributed by atoms with Crippen LogP contribution in [0.5, 0.6) is 0 Å². The third-order valence-corrected chi connectivity index (χ3v) is 4.36. The molecule has 0 saturated carbocycles. The lowest BCUT2D eigenvalue weighted by atomic mass is 9.86. The third-order valence-electron chi connectivity index (χ3n) is 4.36. The summed E-state index contributed by atoms with van der Waals surface area (Å²) in [5, 5.41) is 3.59. The van der Waals surface area contributed by atoms with E-state index >= 15 is 0 Å². The quantitative estimate of drug-likeness (QED) is 0.807. The van der Waals surface area contributed by atoms with E-state index < -0.39 is 0 Å². The molecule has 0 bridgehead atoms. The van der Waals surface area contributed by atoms with Crippen molar-refractivity contribution >= 4 is 0 Å². The predicted octanol–water partition coefficient (Wildman–Crippen LogP) is 3.52. The normalized spacial score (nSPS) is 21.5. The van der Waals surface area contributed by atoms with Crippen LogP contribution in [0.3, 0.4) is 0 Å². The Morgan fingerprint density at radius 3 is 2.11 bits per heavy atom. The van der Waals surface area contributed by atoms with Crippen molar-refractivity contribution in [2.24, 2.45) is 11.8 Å². The molecule has 1 aliphatic rings. The fourth-order valence-corrected chi connectivity index (χ4v) is 2.87. The monoisotopic (exact) mass is 254 g/mol. The number of rotatable bonds is 5. The maximum atomic E-state index is 3.59. The van der Waals surface area contributed by atoms with Gasteiger partial charge in [0.2, 0.25) is 0 Å². The van der Waals surface area contributed by atoms with E-state index in [-0.39, 0.29) is 5.54 Å². The lowest BCUT2D eigenvalue weighted by molar-refractivity contribution is 0.116. The van der Waals surface area contributed by atoms with E-state index in [9.17, 15) is 0 Å². The van der Waals surface area contributed by atoms with Gasteiger partial charge in [0.15, 0.2) is 0 Å². The van der Waals surface area contributed by atoms with E-state index in [4.69, 9.17) is 0 Å². The first-order valence-corrected chi connectivity index (χ1v) is 7.78. The summed E-state index contributed by atoms with van der Waals surface area (Å²) in [5.41, 5.74) is 0.254. The van der Waals surface area contributed by atoms with Crippen LogP contribution in [0.4, 0.5) is 0 Å². The van der Waals surface area contributed by atoms with Gasteiger partial charge in [0.1, 0.15) is 0 Å². The highest BCUT2D eigenvalue weighted by Crippen LogP contribution is 2.25. The number of piperidine rings is 1. The first-order valence-electron chi connectivity index (χ1n) is 7.78. The summed E-state index contributed by atoms with van der Waals surface area (Å²) in [6.07, 6.45) is 4.06. The van der Waals surface area contributed by atoms with Crippen molar-refractivity contribution in [3.8, 4) is 0 Å². The molecular weight excluding hydrogens is 220 g/mol. The Kier molecular flexibility index (Phi) is 6.13. The molecule has 1 saturated heterocycles. The minimum absolute atomic E-state index is 0.254. The molecular formula is C16H34N2. The van der Waals surface area contributed by atoms with Gasteiger partial charge >= 0.3 is 0 Å². The Balaban J connectivity index is 2.22. The van der Waals surface area contributed by atoms with Crippen molar-refractivity contribution in [3.05, 3.63) is 0 Å². The van der Waals surface area contributed by atoms with Gasteiger partial charge in [0.25, 0.3) is 0 Å². The summed E-state index contributed by atoms with van der Waals surface area (Å²) in [5.74, 6) is 1.83. The van der Waals surface area contributed by atoms with Gasteiger partial charge in [-0.1, -0.05) is 13.8 Å². The number of hydrogen-bond acceptors (Lipinski definition) is 2. The summed E-state index contributed by atoms with van der Waals surface area (Å²) >= 11 is 0. The van der Waals surface area contributed by atoms with Crippen LogP contribution in [0.25, 0.3) is 0 Å². The van der Waals surface area contributed by atoms with Crippen LogP contribution in [0.2, 0.25) is 0 Å². The Hall–Kier alpha value is -0.0800. The van der Waals surface area contributed by atoms with E-state index in [0.717, 1.165) is 24.4 Å². The van der Waals surface area contributed by atoms with Gasteiger partial charge in [-0.05, 0) is 78.4 Å². The van der Waals surface area contributed by atoms with Crippen LogP contribution in [-0.4, -0.2) is 36.1 Å². The van der Waals surface area contributed by atoms with Crippen LogP contribution in [0, 0.1) is 11.8 Å². The van der Waals surface area contributed by atoms with Crippen molar-refractivity contribution < 1.29 is 0 Å². The number of nitrogens with zero attached hydrogens (tertiary/aromatic N) is 1. The van der Waals surface area contributed by atoms with Gasteiger partial charge in [0, 0.05) is 11.6 Å². The Bertz CT molecular complexity index is 222. The summed E-state index contributed by atoms with van der Waals surface area (Å²) < 4.78 is 0. The first kappa shape index (κ1) is 16.0. The molecule has 0 amide bonds. The summed E-state index contributed by atoms with van der Waals surface area (Å²) in [4.78, 5) is 2.68. The Morgan fingerprint density at radius 2 is 1.67 bits per heavy atom. The smallest absolute Gasteiger partial charge is 0.00965 e. The maximum absolute atomic E-state index is 3.59. The highest BCUT2D eigenvalue weighted by atomic mass is 15.2. The zero-order valence-corrected chi connectivity index (χ0v) is 13.4. The average molecular weight is 254 g/mol. The number of hydrogen-bond donors (Lipinski definition) is 1. The molecule has 1 aliphatic heterocycles. The molecule has 1 atom stereocenters. The molecule has 1 heterocycles. The molecule has 1 rings (SSSR count). The second-order valence-electron chi connectivity index (χ2n) is 7.43. The zero-order valence-electron chi connectivity index (χ0n) is 13.4. The zero-order chi connectivity index (χ0) is 13.8. The molecule has 0 aliphatic carbocycles. The van der Waals surface area contributed by atoms with Gasteiger partial charge in [-0.2, -0.15) is 0 Å². The number of likely N-dealkylation sites (tertiary alicyclic amines) is 1. The van der Waals surface area contributed by atoms with Gasteiger partial charge < -0.3 is 10.2 Å². The second-order valence-corrected chi connectivity index (χ2v) is 7.43. The number of nitrogens with one attached hydrogen (secondary N) is 1. The molecule has 2 nitrogen and oxygen atoms in total. The molecule has 1 N–H and O–H groups in total. The largest absolute Gasteiger partial charge is 0.312 e. The Morgan fingerprint density at radius 1 is 1.11 bits per heavy atom. The lowest BCUT2D eigenvalue weighted by Gasteiger charge is -2.37. The molecule has 0 radical (unpaired) electrons. The van der Waals surface area contributed by atoms with Crippen LogP contribution >= 0.6 is 0 Å². The second kappa shape index (κ2) is 6.91. The fourth-order valence-electron chi connectivity index (χ4n) is 2.87. The van der Waals surface area contributed by atoms with Gasteiger partial charge in [-0.3, -0.25) is 0 Å². The van der Waals surface area contributed by atoms with E-state index in [0.29, 0.717) is 0 Å². The molecule has 18 heavy (non-hydrogen) atoms. The van der Waals surface area contributed by atoms with Crippen molar-refractivity contribution in [2.45, 2.75) is 72.4 Å². The Labute approximate surface area is 115 Å². The fraction of sp³-hybridized carbons (Fsp3) is 1.00. The topological polar surface area (TPSA) is 15.3 Å². The predicted molar refractivity (Wildman–Crippen MR) is 81.0 cm³/mol. The maximum Gasteiger partial charge on any atom is 0.00965 e. The van der Waals surface area contributed by atoms with Crippen LogP contribution in [0.15, 0.2) is 0 Å². The first-order chi connectivity index (χ1) is 8.29. The third kappa shape index (κ3) is 5.71. The molecule has 1 unspecified atom stereocenters. The highest BCUT2D eigenvalue weighted by molar-refractivity contribution is 4.79. The SMILES string of the molecule is CC(C)C1CCN(C(C)CCNC(C)(C)C)CC1. The van der Waals surface area contributed by atoms with Crippen molar-refractivity contribution in [3.63, 3.8) is 0 Å². The van der Waals surface area contributed by atoms with Crippen LogP contribution in [0.1, 0.15) is 60.8 Å². The van der Waals surface area contributed by atoms with Crippen molar-refractivity contribution in [1.82, 2.24) is 10.2 Å². The van der Waals surface area contributed by atoms with E-state index in [2.05, 4.69) is 51.8 Å². The molecule has 1 fully saturated rings. The van der Waals surface area contributed by atoms with E-state index in [1.807, 2.05) is 0 Å². The van der Waals surface area contributed by atoms with Crippen LogP contribution in [-0.2, 0) is 0 Å². The van der Waals surface area contributed by atoms with E-state index in [1.54, 1.807) is 0 Å². The van der Waals surface area contributed by atoms with E-state index in [1.165, 1.54) is 32.4 Å². The molecule has 2 heteroatoms. The molecule has 0 spiro atoms. The minimum Gasteiger partial charge on any atom is -0.312 e. The lowest BCUT2D eigenvalue weighted by Crippen LogP contribution is -2.43. The molecule has 0 aromatic rings. The van der Waals surface area contributed by atoms with Gasteiger partial charge in [0.05, 0.1) is 0 Å². The summed E-state index contributed by atoms with van der Waals surface area (Å²) in [6, 6.07) is 0.730. The van der Waals surface area contributed by atoms with Crippen molar-refractivity contribution in [1.29, 1.82) is 0 Å². The summed E-state index contributed by atoms with van der Waals surface area (Å²) in [7, 11) is 0. The molecule has 0 aromatic carbocycles. The minimum atomic E-state index is 0.254. The molecule has 108 valence electrons. The van der Waals surface area contributed by atoms with Gasteiger partial charge in [-0.25, -0.2) is 0 Å². The molecule has 0 aromatic heterocycles. The highest BCUT2D eigenvalue weighted by Gasteiger charge is 2.24. The van der Waals surface area contributed by atoms with Crippen LogP contribution < -0.4 is 5.32 Å². The van der Waals surface area contributed by atoms with Crippen molar-refractivity contribution in [2.75, 3.05) is 19.6 Å². The average Bonchev–Trinajstić information content (AvgIpc) is 2.27.